The van der Waals surface area contributed by atoms with Gasteiger partial charge in [0, 0.05) is 18.6 Å². The van der Waals surface area contributed by atoms with Crippen LogP contribution in [0.25, 0.3) is 0 Å². The van der Waals surface area contributed by atoms with Crippen LogP contribution in [0.3, 0.4) is 0 Å². The van der Waals surface area contributed by atoms with Gasteiger partial charge in [-0.2, -0.15) is 0 Å². The van der Waals surface area contributed by atoms with Crippen molar-refractivity contribution in [3.63, 3.8) is 0 Å². The van der Waals surface area contributed by atoms with Gasteiger partial charge in [-0.3, -0.25) is 4.90 Å². The van der Waals surface area contributed by atoms with Crippen molar-refractivity contribution in [1.82, 2.24) is 10.2 Å². The van der Waals surface area contributed by atoms with Gasteiger partial charge in [0.25, 0.3) is 0 Å². The van der Waals surface area contributed by atoms with Crippen LogP contribution >= 0.6 is 0 Å². The Kier molecular flexibility index (Phi) is 5.21. The average molecular weight is 246 g/mol. The predicted molar refractivity (Wildman–Crippen MR) is 77.7 cm³/mol. The van der Waals surface area contributed by atoms with E-state index >= 15 is 0 Å². The Morgan fingerprint density at radius 1 is 1.33 bits per heavy atom. The Morgan fingerprint density at radius 3 is 2.72 bits per heavy atom. The zero-order valence-corrected chi connectivity index (χ0v) is 11.7. The summed E-state index contributed by atoms with van der Waals surface area (Å²) >= 11 is 0. The van der Waals surface area contributed by atoms with Crippen LogP contribution in [0.15, 0.2) is 30.3 Å². The maximum atomic E-state index is 3.54. The topological polar surface area (TPSA) is 15.3 Å². The molecule has 1 N–H and O–H groups in total. The van der Waals surface area contributed by atoms with Gasteiger partial charge in [-0.1, -0.05) is 37.3 Å². The lowest BCUT2D eigenvalue weighted by molar-refractivity contribution is 0.120. The van der Waals surface area contributed by atoms with Crippen LogP contribution in [-0.4, -0.2) is 30.6 Å². The highest BCUT2D eigenvalue weighted by Gasteiger charge is 2.25. The maximum absolute atomic E-state index is 3.54. The van der Waals surface area contributed by atoms with E-state index in [0.717, 1.165) is 6.54 Å². The van der Waals surface area contributed by atoms with E-state index in [9.17, 15) is 0 Å². The summed E-state index contributed by atoms with van der Waals surface area (Å²) in [5.74, 6) is 0. The summed E-state index contributed by atoms with van der Waals surface area (Å²) < 4.78 is 0. The van der Waals surface area contributed by atoms with Crippen molar-refractivity contribution in [2.45, 2.75) is 45.2 Å². The first-order chi connectivity index (χ1) is 8.83. The minimum atomic E-state index is 0.524. The molecule has 2 atom stereocenters. The molecule has 2 rings (SSSR count). The zero-order valence-electron chi connectivity index (χ0n) is 11.7. The highest BCUT2D eigenvalue weighted by Crippen LogP contribution is 2.25. The maximum Gasteiger partial charge on any atom is 0.0323 e. The first kappa shape index (κ1) is 13.6. The van der Waals surface area contributed by atoms with Crippen molar-refractivity contribution in [1.29, 1.82) is 0 Å². The van der Waals surface area contributed by atoms with Crippen molar-refractivity contribution in [3.8, 4) is 0 Å². The van der Waals surface area contributed by atoms with Gasteiger partial charge in [0.2, 0.25) is 0 Å². The van der Waals surface area contributed by atoms with E-state index in [1.54, 1.807) is 0 Å². The van der Waals surface area contributed by atoms with Crippen LogP contribution in [-0.2, 0) is 0 Å². The number of piperidine rings is 1. The Balaban J connectivity index is 2.08. The van der Waals surface area contributed by atoms with E-state index in [-0.39, 0.29) is 0 Å². The summed E-state index contributed by atoms with van der Waals surface area (Å²) in [6, 6.07) is 12.1. The van der Waals surface area contributed by atoms with Crippen LogP contribution in [0.1, 0.15) is 44.7 Å². The number of nitrogens with zero attached hydrogens (tertiary/aromatic N) is 1. The quantitative estimate of drug-likeness (QED) is 0.858. The molecule has 1 fully saturated rings. The minimum absolute atomic E-state index is 0.524. The van der Waals surface area contributed by atoms with E-state index in [1.165, 1.54) is 37.9 Å². The molecular formula is C16H26N2. The molecule has 1 aromatic carbocycles. The van der Waals surface area contributed by atoms with Crippen molar-refractivity contribution in [2.24, 2.45) is 0 Å². The number of nitrogens with one attached hydrogen (secondary N) is 1. The first-order valence-corrected chi connectivity index (χ1v) is 7.34. The van der Waals surface area contributed by atoms with Gasteiger partial charge in [-0.15, -0.1) is 0 Å². The molecule has 0 radical (unpaired) electrons. The minimum Gasteiger partial charge on any atom is -0.315 e. The van der Waals surface area contributed by atoms with Gasteiger partial charge in [0.05, 0.1) is 0 Å². The first-order valence-electron chi connectivity index (χ1n) is 7.34. The molecule has 1 aliphatic heterocycles. The van der Waals surface area contributed by atoms with E-state index in [4.69, 9.17) is 0 Å². The van der Waals surface area contributed by atoms with Crippen LogP contribution in [0.5, 0.6) is 0 Å². The molecule has 2 heteroatoms. The van der Waals surface area contributed by atoms with Crippen molar-refractivity contribution >= 4 is 0 Å². The molecule has 0 saturated carbocycles. The summed E-state index contributed by atoms with van der Waals surface area (Å²) in [5, 5.41) is 3.54. The normalized spacial score (nSPS) is 22.1. The van der Waals surface area contributed by atoms with Gasteiger partial charge in [-0.05, 0) is 44.8 Å². The molecule has 1 aliphatic rings. The van der Waals surface area contributed by atoms with Gasteiger partial charge in [0.1, 0.15) is 0 Å². The third-order valence-electron chi connectivity index (χ3n) is 4.00. The van der Waals surface area contributed by atoms with Crippen molar-refractivity contribution in [2.75, 3.05) is 19.6 Å². The Morgan fingerprint density at radius 2 is 2.11 bits per heavy atom. The summed E-state index contributed by atoms with van der Waals surface area (Å²) in [4.78, 5) is 2.68. The summed E-state index contributed by atoms with van der Waals surface area (Å²) in [5.41, 5.74) is 1.44. The van der Waals surface area contributed by atoms with Crippen LogP contribution in [0.2, 0.25) is 0 Å². The molecule has 0 bridgehead atoms. The van der Waals surface area contributed by atoms with Crippen LogP contribution < -0.4 is 5.32 Å². The predicted octanol–water partition coefficient (Wildman–Crippen LogP) is 3.21. The SMILES string of the molecule is CCCN(C1CCCNC1)C(C)c1ccccc1. The molecule has 0 aliphatic carbocycles. The molecule has 1 heterocycles. The number of hydrogen-bond acceptors (Lipinski definition) is 2. The molecule has 0 spiro atoms. The molecule has 18 heavy (non-hydrogen) atoms. The molecule has 0 aromatic heterocycles. The van der Waals surface area contributed by atoms with Crippen molar-refractivity contribution in [3.05, 3.63) is 35.9 Å². The molecule has 1 saturated heterocycles. The average Bonchev–Trinajstić information content (AvgIpc) is 2.46. The Bertz CT molecular complexity index is 330. The fourth-order valence-electron chi connectivity index (χ4n) is 2.99. The molecule has 2 unspecified atom stereocenters. The summed E-state index contributed by atoms with van der Waals surface area (Å²) in [6.07, 6.45) is 3.88. The van der Waals surface area contributed by atoms with Crippen LogP contribution in [0.4, 0.5) is 0 Å². The molecule has 1 aromatic rings. The monoisotopic (exact) mass is 246 g/mol. The van der Waals surface area contributed by atoms with E-state index < -0.39 is 0 Å². The Labute approximate surface area is 111 Å². The van der Waals surface area contributed by atoms with E-state index in [1.807, 2.05) is 0 Å². The molecule has 0 amide bonds. The second-order valence-corrected chi connectivity index (χ2v) is 5.32. The van der Waals surface area contributed by atoms with Crippen LogP contribution in [0, 0.1) is 0 Å². The van der Waals surface area contributed by atoms with Crippen molar-refractivity contribution < 1.29 is 0 Å². The second-order valence-electron chi connectivity index (χ2n) is 5.32. The summed E-state index contributed by atoms with van der Waals surface area (Å²) in [6.45, 7) is 8.16. The molecule has 2 nitrogen and oxygen atoms in total. The number of benzene rings is 1. The zero-order chi connectivity index (χ0) is 12.8. The fraction of sp³-hybridized carbons (Fsp3) is 0.625. The third-order valence-corrected chi connectivity index (χ3v) is 4.00. The fourth-order valence-corrected chi connectivity index (χ4v) is 2.99. The third kappa shape index (κ3) is 3.33. The van der Waals surface area contributed by atoms with Gasteiger partial charge in [0.15, 0.2) is 0 Å². The smallest absolute Gasteiger partial charge is 0.0323 e. The Hall–Kier alpha value is -0.860. The second kappa shape index (κ2) is 6.91. The van der Waals surface area contributed by atoms with Gasteiger partial charge < -0.3 is 5.32 Å². The lowest BCUT2D eigenvalue weighted by Gasteiger charge is -2.39. The number of rotatable bonds is 5. The lowest BCUT2D eigenvalue weighted by atomic mass is 10.00. The highest BCUT2D eigenvalue weighted by molar-refractivity contribution is 5.18. The lowest BCUT2D eigenvalue weighted by Crippen LogP contribution is -2.47. The summed E-state index contributed by atoms with van der Waals surface area (Å²) in [7, 11) is 0. The van der Waals surface area contributed by atoms with Gasteiger partial charge >= 0.3 is 0 Å². The van der Waals surface area contributed by atoms with E-state index in [2.05, 4.69) is 54.4 Å². The number of hydrogen-bond donors (Lipinski definition) is 1. The van der Waals surface area contributed by atoms with E-state index in [0.29, 0.717) is 12.1 Å². The molecule has 100 valence electrons. The standard InChI is InChI=1S/C16H26N2/c1-3-12-18(16-10-7-11-17-13-16)14(2)15-8-5-4-6-9-15/h4-6,8-9,14,16-17H,3,7,10-13H2,1-2H3. The largest absolute Gasteiger partial charge is 0.315 e. The highest BCUT2D eigenvalue weighted by atomic mass is 15.2. The van der Waals surface area contributed by atoms with Gasteiger partial charge in [-0.25, -0.2) is 0 Å². The molecular weight excluding hydrogens is 220 g/mol.